The molecule has 0 saturated carbocycles. The van der Waals surface area contributed by atoms with Gasteiger partial charge in [0.05, 0.1) is 0 Å². The molecule has 0 unspecified atom stereocenters. The van der Waals surface area contributed by atoms with Crippen LogP contribution in [0.3, 0.4) is 0 Å². The summed E-state index contributed by atoms with van der Waals surface area (Å²) in [7, 11) is 0. The number of benzene rings is 1. The van der Waals surface area contributed by atoms with Gasteiger partial charge in [-0.25, -0.2) is 0 Å². The molecule has 1 aromatic rings. The van der Waals surface area contributed by atoms with E-state index in [1.165, 1.54) is 0 Å². The van der Waals surface area contributed by atoms with E-state index in [0.29, 0.717) is 16.6 Å². The van der Waals surface area contributed by atoms with Crippen LogP contribution in [0.1, 0.15) is 5.56 Å². The zero-order chi connectivity index (χ0) is 11.3. The molecular weight excluding hydrogens is 239 g/mol. The molecule has 15 heavy (non-hydrogen) atoms. The summed E-state index contributed by atoms with van der Waals surface area (Å²) in [5.41, 5.74) is 8.22. The molecule has 4 nitrogen and oxygen atoms in total. The zero-order valence-electron chi connectivity index (χ0n) is 7.80. The van der Waals surface area contributed by atoms with E-state index in [1.54, 1.807) is 18.2 Å². The van der Waals surface area contributed by atoms with Crippen molar-refractivity contribution in [3.63, 3.8) is 0 Å². The van der Waals surface area contributed by atoms with Crippen molar-refractivity contribution in [3.8, 4) is 0 Å². The first-order chi connectivity index (χ1) is 7.09. The quantitative estimate of drug-likeness (QED) is 0.614. The molecule has 0 saturated heterocycles. The molecule has 0 heterocycles. The van der Waals surface area contributed by atoms with Crippen molar-refractivity contribution in [1.29, 1.82) is 0 Å². The highest BCUT2D eigenvalue weighted by atomic mass is 35.5. The average molecular weight is 249 g/mol. The van der Waals surface area contributed by atoms with Crippen molar-refractivity contribution in [2.24, 2.45) is 5.73 Å². The van der Waals surface area contributed by atoms with Gasteiger partial charge in [-0.05, 0) is 23.8 Å². The maximum Gasteiger partial charge on any atom is 0.245 e. The Balaban J connectivity index is 2.43. The van der Waals surface area contributed by atoms with E-state index in [2.05, 4.69) is 5.48 Å². The smallest absolute Gasteiger partial charge is 0.245 e. The molecule has 0 radical (unpaired) electrons. The fourth-order valence-corrected chi connectivity index (χ4v) is 1.31. The first kappa shape index (κ1) is 12.3. The summed E-state index contributed by atoms with van der Waals surface area (Å²) in [5.74, 6) is -0.542. The molecule has 0 spiro atoms. The van der Waals surface area contributed by atoms with Gasteiger partial charge in [-0.2, -0.15) is 5.48 Å². The molecule has 1 rings (SSSR count). The molecule has 0 aliphatic heterocycles. The summed E-state index contributed by atoms with van der Waals surface area (Å²) in [6, 6.07) is 5.09. The minimum Gasteiger partial charge on any atom is -0.368 e. The van der Waals surface area contributed by atoms with Gasteiger partial charge in [-0.1, -0.05) is 23.2 Å². The predicted molar refractivity (Wildman–Crippen MR) is 58.4 cm³/mol. The molecule has 0 fully saturated rings. The average Bonchev–Trinajstić information content (AvgIpc) is 2.17. The fraction of sp³-hybridized carbons (Fsp3) is 0.222. The molecule has 0 atom stereocenters. The number of rotatable bonds is 5. The van der Waals surface area contributed by atoms with E-state index < -0.39 is 5.91 Å². The summed E-state index contributed by atoms with van der Waals surface area (Å²) in [5, 5.41) is 1.17. The molecule has 0 aliphatic carbocycles. The lowest BCUT2D eigenvalue weighted by molar-refractivity contribution is -0.125. The first-order valence-corrected chi connectivity index (χ1v) is 4.92. The number of primary amides is 1. The standard InChI is InChI=1S/C9H10Cl2N2O2/c10-7-1-2-8(11)6(3-7)4-13-15-5-9(12)14/h1-3,13H,4-5H2,(H2,12,14). The van der Waals surface area contributed by atoms with Crippen LogP contribution < -0.4 is 11.2 Å². The predicted octanol–water partition coefficient (Wildman–Crippen LogP) is 1.50. The van der Waals surface area contributed by atoms with Crippen LogP contribution in [0.5, 0.6) is 0 Å². The van der Waals surface area contributed by atoms with Crippen LogP contribution in [-0.4, -0.2) is 12.5 Å². The Morgan fingerprint density at radius 2 is 2.20 bits per heavy atom. The minimum atomic E-state index is -0.542. The Kier molecular flexibility index (Phi) is 4.84. The Bertz CT molecular complexity index is 358. The number of nitrogens with one attached hydrogen (secondary N) is 1. The van der Waals surface area contributed by atoms with Crippen LogP contribution in [0, 0.1) is 0 Å². The highest BCUT2D eigenvalue weighted by molar-refractivity contribution is 6.33. The highest BCUT2D eigenvalue weighted by Gasteiger charge is 2.01. The van der Waals surface area contributed by atoms with E-state index in [9.17, 15) is 4.79 Å². The minimum absolute atomic E-state index is 0.182. The number of hydroxylamine groups is 1. The third kappa shape index (κ3) is 4.48. The molecular formula is C9H10Cl2N2O2. The summed E-state index contributed by atoms with van der Waals surface area (Å²) in [6.45, 7) is 0.171. The van der Waals surface area contributed by atoms with Crippen molar-refractivity contribution >= 4 is 29.1 Å². The Hall–Kier alpha value is -0.810. The van der Waals surface area contributed by atoms with Crippen molar-refractivity contribution in [2.45, 2.75) is 6.54 Å². The van der Waals surface area contributed by atoms with Crippen molar-refractivity contribution < 1.29 is 9.63 Å². The van der Waals surface area contributed by atoms with Gasteiger partial charge in [0.1, 0.15) is 6.61 Å². The van der Waals surface area contributed by atoms with E-state index in [4.69, 9.17) is 33.8 Å². The number of nitrogens with two attached hydrogens (primary N) is 1. The van der Waals surface area contributed by atoms with E-state index in [0.717, 1.165) is 5.56 Å². The molecule has 0 aliphatic rings. The van der Waals surface area contributed by atoms with Crippen molar-refractivity contribution in [2.75, 3.05) is 6.61 Å². The summed E-state index contributed by atoms with van der Waals surface area (Å²) >= 11 is 11.7. The van der Waals surface area contributed by atoms with Gasteiger partial charge in [0.15, 0.2) is 0 Å². The molecule has 1 aromatic carbocycles. The van der Waals surface area contributed by atoms with E-state index in [-0.39, 0.29) is 6.61 Å². The van der Waals surface area contributed by atoms with Crippen LogP contribution in [0.4, 0.5) is 0 Å². The van der Waals surface area contributed by atoms with Gasteiger partial charge >= 0.3 is 0 Å². The third-order valence-electron chi connectivity index (χ3n) is 1.59. The van der Waals surface area contributed by atoms with Gasteiger partial charge in [-0.15, -0.1) is 0 Å². The Labute approximate surface area is 97.3 Å². The van der Waals surface area contributed by atoms with Gasteiger partial charge in [-0.3, -0.25) is 9.63 Å². The summed E-state index contributed by atoms with van der Waals surface area (Å²) in [6.07, 6.45) is 0. The van der Waals surface area contributed by atoms with Crippen LogP contribution in [0.25, 0.3) is 0 Å². The molecule has 6 heteroatoms. The maximum atomic E-state index is 10.3. The van der Waals surface area contributed by atoms with Crippen molar-refractivity contribution in [3.05, 3.63) is 33.8 Å². The number of hydrogen-bond acceptors (Lipinski definition) is 3. The van der Waals surface area contributed by atoms with Crippen LogP contribution in [0.15, 0.2) is 18.2 Å². The monoisotopic (exact) mass is 248 g/mol. The summed E-state index contributed by atoms with van der Waals surface area (Å²) < 4.78 is 0. The second-order valence-corrected chi connectivity index (χ2v) is 3.66. The number of halogens is 2. The molecule has 1 amide bonds. The largest absolute Gasteiger partial charge is 0.368 e. The van der Waals surface area contributed by atoms with Crippen LogP contribution >= 0.6 is 23.2 Å². The lowest BCUT2D eigenvalue weighted by Crippen LogP contribution is -2.24. The number of carbonyl (C=O) groups is 1. The second-order valence-electron chi connectivity index (χ2n) is 2.81. The van der Waals surface area contributed by atoms with E-state index >= 15 is 0 Å². The van der Waals surface area contributed by atoms with Gasteiger partial charge < -0.3 is 5.73 Å². The summed E-state index contributed by atoms with van der Waals surface area (Å²) in [4.78, 5) is 15.1. The van der Waals surface area contributed by atoms with E-state index in [1.807, 2.05) is 0 Å². The van der Waals surface area contributed by atoms with Gasteiger partial charge in [0.2, 0.25) is 5.91 Å². The molecule has 3 N–H and O–H groups in total. The van der Waals surface area contributed by atoms with Gasteiger partial charge in [0.25, 0.3) is 0 Å². The number of hydrogen-bond donors (Lipinski definition) is 2. The first-order valence-electron chi connectivity index (χ1n) is 4.16. The zero-order valence-corrected chi connectivity index (χ0v) is 9.31. The van der Waals surface area contributed by atoms with Crippen LogP contribution in [0.2, 0.25) is 10.0 Å². The lowest BCUT2D eigenvalue weighted by atomic mass is 10.2. The third-order valence-corrected chi connectivity index (χ3v) is 2.19. The number of carbonyl (C=O) groups excluding carboxylic acids is 1. The van der Waals surface area contributed by atoms with Crippen molar-refractivity contribution in [1.82, 2.24) is 5.48 Å². The maximum absolute atomic E-state index is 10.3. The number of amides is 1. The molecule has 0 bridgehead atoms. The SMILES string of the molecule is NC(=O)CONCc1cc(Cl)ccc1Cl. The second kappa shape index (κ2) is 5.92. The fourth-order valence-electron chi connectivity index (χ4n) is 0.930. The Morgan fingerprint density at radius 3 is 2.87 bits per heavy atom. The van der Waals surface area contributed by atoms with Gasteiger partial charge in [0, 0.05) is 16.6 Å². The molecule has 82 valence electrons. The molecule has 0 aromatic heterocycles. The normalized spacial score (nSPS) is 10.3. The topological polar surface area (TPSA) is 64.4 Å². The van der Waals surface area contributed by atoms with Crippen LogP contribution in [-0.2, 0) is 16.2 Å². The highest BCUT2D eigenvalue weighted by Crippen LogP contribution is 2.20. The lowest BCUT2D eigenvalue weighted by Gasteiger charge is -2.06. The Morgan fingerprint density at radius 1 is 1.47 bits per heavy atom.